The minimum absolute atomic E-state index is 0.226. The molecular weight excluding hydrogens is 207 g/mol. The third-order valence-corrected chi connectivity index (χ3v) is 2.41. The Labute approximate surface area is 93.5 Å². The Kier molecular flexibility index (Phi) is 2.92. The number of hydrogen-bond donors (Lipinski definition) is 1. The number of aromatic nitrogens is 1. The average molecular weight is 222 g/mol. The maximum Gasteiger partial charge on any atom is 0.212 e. The normalized spacial score (nSPS) is 13.6. The van der Waals surface area contributed by atoms with Crippen molar-refractivity contribution in [2.24, 2.45) is 11.7 Å². The standard InChI is InChI=1S/C12H15FN2O/c1-7(2)5-9(14)12-15-10-4-3-8(13)6-11(10)16-12/h3-4,6-7,9H,5,14H2,1-2H3. The van der Waals surface area contributed by atoms with Crippen molar-refractivity contribution in [2.45, 2.75) is 26.3 Å². The van der Waals surface area contributed by atoms with Crippen LogP contribution in [0.2, 0.25) is 0 Å². The second kappa shape index (κ2) is 4.22. The zero-order chi connectivity index (χ0) is 11.7. The molecule has 2 aromatic rings. The van der Waals surface area contributed by atoms with Gasteiger partial charge in [0.05, 0.1) is 6.04 Å². The lowest BCUT2D eigenvalue weighted by molar-refractivity contribution is 0.417. The molecule has 1 unspecified atom stereocenters. The predicted octanol–water partition coefficient (Wildman–Crippen LogP) is 3.01. The fourth-order valence-corrected chi connectivity index (χ4v) is 1.68. The molecule has 0 saturated carbocycles. The summed E-state index contributed by atoms with van der Waals surface area (Å²) in [7, 11) is 0. The first-order chi connectivity index (χ1) is 7.56. The van der Waals surface area contributed by atoms with E-state index >= 15 is 0 Å². The molecule has 1 atom stereocenters. The molecule has 0 aliphatic heterocycles. The van der Waals surface area contributed by atoms with Gasteiger partial charge in [0.25, 0.3) is 0 Å². The van der Waals surface area contributed by atoms with Gasteiger partial charge in [0.15, 0.2) is 5.58 Å². The van der Waals surface area contributed by atoms with Gasteiger partial charge in [0.1, 0.15) is 11.3 Å². The van der Waals surface area contributed by atoms with Crippen molar-refractivity contribution in [2.75, 3.05) is 0 Å². The summed E-state index contributed by atoms with van der Waals surface area (Å²) in [5.74, 6) is 0.628. The molecule has 1 aromatic carbocycles. The highest BCUT2D eigenvalue weighted by Gasteiger charge is 2.15. The van der Waals surface area contributed by atoms with Crippen LogP contribution < -0.4 is 5.73 Å². The number of benzene rings is 1. The van der Waals surface area contributed by atoms with Gasteiger partial charge < -0.3 is 10.2 Å². The molecule has 0 spiro atoms. The number of oxazole rings is 1. The Balaban J connectivity index is 2.32. The van der Waals surface area contributed by atoms with Crippen LogP contribution >= 0.6 is 0 Å². The Morgan fingerprint density at radius 3 is 2.88 bits per heavy atom. The molecule has 16 heavy (non-hydrogen) atoms. The van der Waals surface area contributed by atoms with Gasteiger partial charge in [0.2, 0.25) is 5.89 Å². The second-order valence-electron chi connectivity index (χ2n) is 4.40. The van der Waals surface area contributed by atoms with E-state index in [1.54, 1.807) is 6.07 Å². The molecule has 0 radical (unpaired) electrons. The maximum absolute atomic E-state index is 12.9. The summed E-state index contributed by atoms with van der Waals surface area (Å²) in [5, 5.41) is 0. The Hall–Kier alpha value is -1.42. The zero-order valence-corrected chi connectivity index (χ0v) is 9.40. The van der Waals surface area contributed by atoms with Crippen molar-refractivity contribution in [1.82, 2.24) is 4.98 Å². The average Bonchev–Trinajstić information content (AvgIpc) is 2.59. The van der Waals surface area contributed by atoms with Gasteiger partial charge in [-0.05, 0) is 24.5 Å². The molecule has 0 aliphatic carbocycles. The Morgan fingerprint density at radius 2 is 2.19 bits per heavy atom. The van der Waals surface area contributed by atoms with Crippen LogP contribution in [0.15, 0.2) is 22.6 Å². The highest BCUT2D eigenvalue weighted by Crippen LogP contribution is 2.23. The van der Waals surface area contributed by atoms with Crippen LogP contribution in [-0.2, 0) is 0 Å². The minimum atomic E-state index is -0.326. The number of halogens is 1. The Morgan fingerprint density at radius 1 is 1.44 bits per heavy atom. The summed E-state index contributed by atoms with van der Waals surface area (Å²) in [6.45, 7) is 4.17. The van der Waals surface area contributed by atoms with Gasteiger partial charge in [-0.15, -0.1) is 0 Å². The van der Waals surface area contributed by atoms with Gasteiger partial charge in [-0.3, -0.25) is 0 Å². The summed E-state index contributed by atoms with van der Waals surface area (Å²) >= 11 is 0. The fourth-order valence-electron chi connectivity index (χ4n) is 1.68. The third kappa shape index (κ3) is 2.22. The molecule has 86 valence electrons. The molecule has 0 saturated heterocycles. The van der Waals surface area contributed by atoms with E-state index in [0.29, 0.717) is 22.9 Å². The van der Waals surface area contributed by atoms with Crippen molar-refractivity contribution in [1.29, 1.82) is 0 Å². The quantitative estimate of drug-likeness (QED) is 0.868. The van der Waals surface area contributed by atoms with E-state index in [-0.39, 0.29) is 11.9 Å². The number of fused-ring (bicyclic) bond motifs is 1. The second-order valence-corrected chi connectivity index (χ2v) is 4.40. The van der Waals surface area contributed by atoms with Gasteiger partial charge >= 0.3 is 0 Å². The Bertz CT molecular complexity index is 493. The van der Waals surface area contributed by atoms with Gasteiger partial charge in [0, 0.05) is 6.07 Å². The van der Waals surface area contributed by atoms with Crippen molar-refractivity contribution < 1.29 is 8.81 Å². The summed E-state index contributed by atoms with van der Waals surface area (Å²) in [6, 6.07) is 4.06. The predicted molar refractivity (Wildman–Crippen MR) is 60.4 cm³/mol. The lowest BCUT2D eigenvalue weighted by Crippen LogP contribution is -2.13. The van der Waals surface area contributed by atoms with E-state index in [1.165, 1.54) is 12.1 Å². The zero-order valence-electron chi connectivity index (χ0n) is 9.40. The summed E-state index contributed by atoms with van der Waals surface area (Å²) in [6.07, 6.45) is 0.801. The van der Waals surface area contributed by atoms with E-state index in [4.69, 9.17) is 10.2 Å². The van der Waals surface area contributed by atoms with E-state index in [2.05, 4.69) is 18.8 Å². The molecule has 0 fully saturated rings. The third-order valence-electron chi connectivity index (χ3n) is 2.41. The van der Waals surface area contributed by atoms with Crippen LogP contribution in [0, 0.1) is 11.7 Å². The van der Waals surface area contributed by atoms with Crippen molar-refractivity contribution in [3.63, 3.8) is 0 Å². The van der Waals surface area contributed by atoms with Crippen LogP contribution in [0.1, 0.15) is 32.2 Å². The number of nitrogens with two attached hydrogens (primary N) is 1. The van der Waals surface area contributed by atoms with Crippen molar-refractivity contribution in [3.8, 4) is 0 Å². The molecular formula is C12H15FN2O. The molecule has 2 rings (SSSR count). The van der Waals surface area contributed by atoms with Crippen molar-refractivity contribution >= 4 is 11.1 Å². The van der Waals surface area contributed by atoms with E-state index in [9.17, 15) is 4.39 Å². The minimum Gasteiger partial charge on any atom is -0.439 e. The smallest absolute Gasteiger partial charge is 0.212 e. The van der Waals surface area contributed by atoms with Crippen LogP contribution in [0.5, 0.6) is 0 Å². The van der Waals surface area contributed by atoms with Crippen LogP contribution in [-0.4, -0.2) is 4.98 Å². The van der Waals surface area contributed by atoms with E-state index in [0.717, 1.165) is 6.42 Å². The summed E-state index contributed by atoms with van der Waals surface area (Å²) in [5.41, 5.74) is 7.05. The number of nitrogens with zero attached hydrogens (tertiary/aromatic N) is 1. The SMILES string of the molecule is CC(C)CC(N)c1nc2ccc(F)cc2o1. The monoisotopic (exact) mass is 222 g/mol. The highest BCUT2D eigenvalue weighted by atomic mass is 19.1. The lowest BCUT2D eigenvalue weighted by Gasteiger charge is -2.09. The summed E-state index contributed by atoms with van der Waals surface area (Å²) in [4.78, 5) is 4.25. The first kappa shape index (κ1) is 11.1. The lowest BCUT2D eigenvalue weighted by atomic mass is 10.0. The molecule has 2 N–H and O–H groups in total. The fraction of sp³-hybridized carbons (Fsp3) is 0.417. The maximum atomic E-state index is 12.9. The van der Waals surface area contributed by atoms with Crippen LogP contribution in [0.3, 0.4) is 0 Å². The number of hydrogen-bond acceptors (Lipinski definition) is 3. The molecule has 0 amide bonds. The molecule has 1 heterocycles. The topological polar surface area (TPSA) is 52.0 Å². The highest BCUT2D eigenvalue weighted by molar-refractivity contribution is 5.72. The molecule has 0 aliphatic rings. The first-order valence-electron chi connectivity index (χ1n) is 5.38. The van der Waals surface area contributed by atoms with Gasteiger partial charge in [-0.1, -0.05) is 13.8 Å². The molecule has 3 nitrogen and oxygen atoms in total. The van der Waals surface area contributed by atoms with Gasteiger partial charge in [-0.25, -0.2) is 9.37 Å². The largest absolute Gasteiger partial charge is 0.439 e. The molecule has 4 heteroatoms. The van der Waals surface area contributed by atoms with Crippen LogP contribution in [0.25, 0.3) is 11.1 Å². The van der Waals surface area contributed by atoms with E-state index < -0.39 is 0 Å². The summed E-state index contributed by atoms with van der Waals surface area (Å²) < 4.78 is 18.4. The molecule has 0 bridgehead atoms. The number of rotatable bonds is 3. The van der Waals surface area contributed by atoms with E-state index in [1.807, 2.05) is 0 Å². The first-order valence-corrected chi connectivity index (χ1v) is 5.38. The van der Waals surface area contributed by atoms with Crippen LogP contribution in [0.4, 0.5) is 4.39 Å². The molecule has 1 aromatic heterocycles. The van der Waals surface area contributed by atoms with Gasteiger partial charge in [-0.2, -0.15) is 0 Å². The van der Waals surface area contributed by atoms with Crippen molar-refractivity contribution in [3.05, 3.63) is 29.9 Å².